The van der Waals surface area contributed by atoms with Crippen LogP contribution in [0.25, 0.3) is 0 Å². The number of hydrogen-bond donors (Lipinski definition) is 1. The summed E-state index contributed by atoms with van der Waals surface area (Å²) >= 11 is 0. The first kappa shape index (κ1) is 14.4. The van der Waals surface area contributed by atoms with Crippen molar-refractivity contribution in [3.63, 3.8) is 0 Å². The van der Waals surface area contributed by atoms with Crippen molar-refractivity contribution in [3.05, 3.63) is 53.7 Å². The van der Waals surface area contributed by atoms with E-state index in [2.05, 4.69) is 24.1 Å². The van der Waals surface area contributed by atoms with Gasteiger partial charge in [0, 0.05) is 30.9 Å². The molecule has 2 rings (SSSR count). The van der Waals surface area contributed by atoms with Gasteiger partial charge >= 0.3 is 0 Å². The lowest BCUT2D eigenvalue weighted by molar-refractivity contribution is 0.422. The van der Waals surface area contributed by atoms with Crippen molar-refractivity contribution in [1.82, 2.24) is 10.3 Å². The summed E-state index contributed by atoms with van der Waals surface area (Å²) in [4.78, 5) is 4.07. The van der Waals surface area contributed by atoms with Gasteiger partial charge in [-0.05, 0) is 17.7 Å². The summed E-state index contributed by atoms with van der Waals surface area (Å²) in [5.74, 6) is -1.13. The molecule has 0 fully saturated rings. The molecule has 0 spiro atoms. The monoisotopic (exact) mass is 278 g/mol. The molecule has 0 bridgehead atoms. The molecule has 0 amide bonds. The molecule has 106 valence electrons. The van der Waals surface area contributed by atoms with Gasteiger partial charge < -0.3 is 10.1 Å². The van der Waals surface area contributed by atoms with Crippen molar-refractivity contribution in [3.8, 4) is 11.6 Å². The molecule has 5 heteroatoms. The summed E-state index contributed by atoms with van der Waals surface area (Å²) in [5, 5.41) is 3.26. The molecule has 0 atom stereocenters. The van der Waals surface area contributed by atoms with E-state index in [9.17, 15) is 8.78 Å². The van der Waals surface area contributed by atoms with E-state index in [0.717, 1.165) is 23.8 Å². The topological polar surface area (TPSA) is 34.1 Å². The molecule has 20 heavy (non-hydrogen) atoms. The van der Waals surface area contributed by atoms with Gasteiger partial charge in [0.25, 0.3) is 0 Å². The lowest BCUT2D eigenvalue weighted by atomic mass is 10.2. The number of aromatic nitrogens is 1. The second-order valence-electron chi connectivity index (χ2n) is 4.72. The number of nitrogens with zero attached hydrogens (tertiary/aromatic N) is 1. The molecule has 1 aromatic carbocycles. The molecule has 1 N–H and O–H groups in total. The zero-order valence-electron chi connectivity index (χ0n) is 11.4. The highest BCUT2D eigenvalue weighted by Crippen LogP contribution is 2.23. The Labute approximate surface area is 116 Å². The minimum atomic E-state index is -0.626. The summed E-state index contributed by atoms with van der Waals surface area (Å²) in [6.07, 6.45) is 1.64. The normalized spacial score (nSPS) is 10.8. The minimum absolute atomic E-state index is 0.175. The molecule has 0 radical (unpaired) electrons. The lowest BCUT2D eigenvalue weighted by Crippen LogP contribution is -2.21. The van der Waals surface area contributed by atoms with Crippen LogP contribution >= 0.6 is 0 Å². The number of pyridine rings is 1. The number of ether oxygens (including phenoxy) is 1. The molecule has 0 aliphatic heterocycles. The Bertz CT molecular complexity index is 571. The number of hydrogen-bond acceptors (Lipinski definition) is 3. The van der Waals surface area contributed by atoms with Crippen LogP contribution in [0.1, 0.15) is 19.4 Å². The zero-order valence-corrected chi connectivity index (χ0v) is 11.4. The van der Waals surface area contributed by atoms with Gasteiger partial charge in [-0.1, -0.05) is 19.9 Å². The Hall–Kier alpha value is -2.01. The van der Waals surface area contributed by atoms with E-state index in [-0.39, 0.29) is 11.6 Å². The molecule has 0 aliphatic rings. The van der Waals surface area contributed by atoms with Gasteiger partial charge in [-0.3, -0.25) is 0 Å². The van der Waals surface area contributed by atoms with Crippen LogP contribution in [0, 0.1) is 11.6 Å². The van der Waals surface area contributed by atoms with Gasteiger partial charge in [0.05, 0.1) is 0 Å². The van der Waals surface area contributed by atoms with Crippen LogP contribution in [0.5, 0.6) is 11.6 Å². The smallest absolute Gasteiger partial charge is 0.219 e. The maximum absolute atomic E-state index is 13.4. The fraction of sp³-hybridized carbons (Fsp3) is 0.267. The van der Waals surface area contributed by atoms with Crippen molar-refractivity contribution in [2.45, 2.75) is 26.4 Å². The standard InChI is InChI=1S/C15H16F2N2O/c1-10(2)18-8-11-3-6-15(19-9-11)20-14-7-12(16)4-5-13(14)17/h3-7,9-10,18H,8H2,1-2H3. The molecular formula is C15H16F2N2O. The maximum Gasteiger partial charge on any atom is 0.219 e. The highest BCUT2D eigenvalue weighted by molar-refractivity contribution is 5.29. The summed E-state index contributed by atoms with van der Waals surface area (Å²) < 4.78 is 31.7. The van der Waals surface area contributed by atoms with Gasteiger partial charge in [0.2, 0.25) is 5.88 Å². The van der Waals surface area contributed by atoms with E-state index in [0.29, 0.717) is 12.6 Å². The molecule has 0 saturated heterocycles. The van der Waals surface area contributed by atoms with Crippen LogP contribution in [0.3, 0.4) is 0 Å². The first-order valence-electron chi connectivity index (χ1n) is 6.36. The fourth-order valence-corrected chi connectivity index (χ4v) is 1.57. The highest BCUT2D eigenvalue weighted by Gasteiger charge is 2.07. The van der Waals surface area contributed by atoms with E-state index in [1.165, 1.54) is 0 Å². The van der Waals surface area contributed by atoms with Gasteiger partial charge in [0.1, 0.15) is 5.82 Å². The first-order chi connectivity index (χ1) is 9.54. The summed E-state index contributed by atoms with van der Waals surface area (Å²) in [5.41, 5.74) is 0.991. The molecular weight excluding hydrogens is 262 g/mol. The second kappa shape index (κ2) is 6.43. The zero-order chi connectivity index (χ0) is 14.5. The number of benzene rings is 1. The Balaban J connectivity index is 2.05. The predicted molar refractivity (Wildman–Crippen MR) is 72.6 cm³/mol. The van der Waals surface area contributed by atoms with E-state index >= 15 is 0 Å². The Morgan fingerprint density at radius 1 is 1.20 bits per heavy atom. The van der Waals surface area contributed by atoms with E-state index in [1.54, 1.807) is 12.3 Å². The lowest BCUT2D eigenvalue weighted by Gasteiger charge is -2.09. The average Bonchev–Trinajstić information content (AvgIpc) is 2.42. The van der Waals surface area contributed by atoms with Crippen LogP contribution in [-0.2, 0) is 6.54 Å². The third-order valence-electron chi connectivity index (χ3n) is 2.62. The summed E-state index contributed by atoms with van der Waals surface area (Å²) in [6, 6.07) is 6.89. The first-order valence-corrected chi connectivity index (χ1v) is 6.36. The van der Waals surface area contributed by atoms with Gasteiger partial charge in [0.15, 0.2) is 11.6 Å². The van der Waals surface area contributed by atoms with Crippen LogP contribution in [-0.4, -0.2) is 11.0 Å². The molecule has 0 aliphatic carbocycles. The summed E-state index contributed by atoms with van der Waals surface area (Å²) in [7, 11) is 0. The van der Waals surface area contributed by atoms with Crippen molar-refractivity contribution in [2.24, 2.45) is 0 Å². The van der Waals surface area contributed by atoms with E-state index in [4.69, 9.17) is 4.74 Å². The number of rotatable bonds is 5. The van der Waals surface area contributed by atoms with Gasteiger partial charge in [-0.15, -0.1) is 0 Å². The predicted octanol–water partition coefficient (Wildman–Crippen LogP) is 3.65. The Morgan fingerprint density at radius 2 is 2.00 bits per heavy atom. The van der Waals surface area contributed by atoms with Crippen molar-refractivity contribution < 1.29 is 13.5 Å². The molecule has 1 heterocycles. The van der Waals surface area contributed by atoms with E-state index in [1.807, 2.05) is 6.07 Å². The van der Waals surface area contributed by atoms with Gasteiger partial charge in [-0.25, -0.2) is 13.8 Å². The van der Waals surface area contributed by atoms with Crippen molar-refractivity contribution >= 4 is 0 Å². The fourth-order valence-electron chi connectivity index (χ4n) is 1.57. The molecule has 0 saturated carbocycles. The Morgan fingerprint density at radius 3 is 2.65 bits per heavy atom. The minimum Gasteiger partial charge on any atom is -0.436 e. The van der Waals surface area contributed by atoms with Crippen LogP contribution in [0.2, 0.25) is 0 Å². The van der Waals surface area contributed by atoms with Crippen molar-refractivity contribution in [2.75, 3.05) is 0 Å². The largest absolute Gasteiger partial charge is 0.436 e. The average molecular weight is 278 g/mol. The maximum atomic E-state index is 13.4. The molecule has 2 aromatic rings. The highest BCUT2D eigenvalue weighted by atomic mass is 19.1. The van der Waals surface area contributed by atoms with Crippen LogP contribution in [0.15, 0.2) is 36.5 Å². The second-order valence-corrected chi connectivity index (χ2v) is 4.72. The third kappa shape index (κ3) is 3.99. The SMILES string of the molecule is CC(C)NCc1ccc(Oc2cc(F)ccc2F)nc1. The number of halogens is 2. The third-order valence-corrected chi connectivity index (χ3v) is 2.62. The quantitative estimate of drug-likeness (QED) is 0.906. The van der Waals surface area contributed by atoms with Crippen molar-refractivity contribution in [1.29, 1.82) is 0 Å². The van der Waals surface area contributed by atoms with Crippen LogP contribution < -0.4 is 10.1 Å². The summed E-state index contributed by atoms with van der Waals surface area (Å²) in [6.45, 7) is 4.80. The van der Waals surface area contributed by atoms with E-state index < -0.39 is 11.6 Å². The number of nitrogens with one attached hydrogen (secondary N) is 1. The molecule has 1 aromatic heterocycles. The molecule has 0 unspecified atom stereocenters. The molecule has 3 nitrogen and oxygen atoms in total. The van der Waals surface area contributed by atoms with Gasteiger partial charge in [-0.2, -0.15) is 0 Å². The Kier molecular flexibility index (Phi) is 4.63. The van der Waals surface area contributed by atoms with Crippen LogP contribution in [0.4, 0.5) is 8.78 Å².